The van der Waals surface area contributed by atoms with E-state index in [2.05, 4.69) is 29.0 Å². The van der Waals surface area contributed by atoms with E-state index in [0.29, 0.717) is 18.4 Å². The number of carbonyl (C=O) groups is 2. The van der Waals surface area contributed by atoms with Crippen LogP contribution in [-0.2, 0) is 9.59 Å². The quantitative estimate of drug-likeness (QED) is 0.751. The summed E-state index contributed by atoms with van der Waals surface area (Å²) in [5.41, 5.74) is 0.881. The van der Waals surface area contributed by atoms with Crippen LogP contribution in [0.5, 0.6) is 0 Å². The lowest BCUT2D eigenvalue weighted by Crippen LogP contribution is -2.56. The summed E-state index contributed by atoms with van der Waals surface area (Å²) in [6.07, 6.45) is 1.20. The molecule has 2 fully saturated rings. The minimum atomic E-state index is -0.281. The van der Waals surface area contributed by atoms with Crippen molar-refractivity contribution in [2.24, 2.45) is 11.8 Å². The number of benzene rings is 1. The molecule has 31 heavy (non-hydrogen) atoms. The number of nitrogens with zero attached hydrogens (tertiary/aromatic N) is 3. The van der Waals surface area contributed by atoms with Crippen molar-refractivity contribution in [3.8, 4) is 0 Å². The van der Waals surface area contributed by atoms with Crippen LogP contribution < -0.4 is 5.32 Å². The molecule has 0 bridgehead atoms. The molecular weight excluding hydrogens is 395 g/mol. The monoisotopic (exact) mass is 432 g/mol. The van der Waals surface area contributed by atoms with Gasteiger partial charge in [-0.3, -0.25) is 19.4 Å². The van der Waals surface area contributed by atoms with E-state index in [0.717, 1.165) is 44.8 Å². The number of halogens is 1. The summed E-state index contributed by atoms with van der Waals surface area (Å²) in [5, 5.41) is 3.03. The summed E-state index contributed by atoms with van der Waals surface area (Å²) in [4.78, 5) is 31.9. The first-order valence-electron chi connectivity index (χ1n) is 11.5. The topological polar surface area (TPSA) is 55.9 Å². The smallest absolute Gasteiger partial charge is 0.237 e. The number of hydrogen-bond donors (Lipinski definition) is 1. The Morgan fingerprint density at radius 1 is 1.03 bits per heavy atom. The minimum absolute atomic E-state index is 0.0300. The van der Waals surface area contributed by atoms with Gasteiger partial charge in [0.15, 0.2) is 0 Å². The van der Waals surface area contributed by atoms with Gasteiger partial charge in [0, 0.05) is 39.3 Å². The van der Waals surface area contributed by atoms with Gasteiger partial charge in [0.05, 0.1) is 18.6 Å². The number of likely N-dealkylation sites (tertiary alicyclic amines) is 1. The Morgan fingerprint density at radius 3 is 2.19 bits per heavy atom. The van der Waals surface area contributed by atoms with Crippen molar-refractivity contribution < 1.29 is 14.0 Å². The average molecular weight is 433 g/mol. The predicted octanol–water partition coefficient (Wildman–Crippen LogP) is 2.51. The van der Waals surface area contributed by atoms with E-state index in [4.69, 9.17) is 0 Å². The molecule has 0 aromatic heterocycles. The van der Waals surface area contributed by atoms with Crippen LogP contribution in [0.15, 0.2) is 24.3 Å². The third kappa shape index (κ3) is 6.50. The molecule has 0 unspecified atom stereocenters. The molecule has 1 N–H and O–H groups in total. The lowest BCUT2D eigenvalue weighted by atomic mass is 9.92. The summed E-state index contributed by atoms with van der Waals surface area (Å²) in [6, 6.07) is 5.79. The third-order valence-electron chi connectivity index (χ3n) is 6.64. The average Bonchev–Trinajstić information content (AvgIpc) is 2.73. The summed E-state index contributed by atoms with van der Waals surface area (Å²) in [6.45, 7) is 13.6. The van der Waals surface area contributed by atoms with Crippen molar-refractivity contribution in [1.29, 1.82) is 0 Å². The van der Waals surface area contributed by atoms with Crippen LogP contribution in [0.4, 0.5) is 4.39 Å². The fourth-order valence-electron chi connectivity index (χ4n) is 4.80. The Hall–Kier alpha value is -1.99. The zero-order valence-corrected chi connectivity index (χ0v) is 19.3. The van der Waals surface area contributed by atoms with Crippen LogP contribution in [0.25, 0.3) is 0 Å². The van der Waals surface area contributed by atoms with Gasteiger partial charge in [-0.05, 0) is 49.8 Å². The fraction of sp³-hybridized carbons (Fsp3) is 0.667. The van der Waals surface area contributed by atoms with Gasteiger partial charge in [0.1, 0.15) is 5.82 Å². The van der Waals surface area contributed by atoms with Gasteiger partial charge in [0.2, 0.25) is 11.8 Å². The van der Waals surface area contributed by atoms with Crippen LogP contribution in [0.3, 0.4) is 0 Å². The Bertz CT molecular complexity index is 738. The maximum absolute atomic E-state index is 13.1. The summed E-state index contributed by atoms with van der Waals surface area (Å²) in [7, 11) is 0. The number of piperazine rings is 1. The van der Waals surface area contributed by atoms with Crippen molar-refractivity contribution in [3.05, 3.63) is 35.6 Å². The number of hydrogen-bond acceptors (Lipinski definition) is 4. The zero-order chi connectivity index (χ0) is 22.5. The molecule has 172 valence electrons. The molecule has 1 aromatic carbocycles. The maximum Gasteiger partial charge on any atom is 0.237 e. The van der Waals surface area contributed by atoms with Gasteiger partial charge in [-0.1, -0.05) is 26.0 Å². The highest BCUT2D eigenvalue weighted by Gasteiger charge is 2.30. The molecule has 3 rings (SSSR count). The molecule has 2 saturated heterocycles. The fourth-order valence-corrected chi connectivity index (χ4v) is 4.80. The van der Waals surface area contributed by atoms with Crippen molar-refractivity contribution in [2.75, 3.05) is 45.8 Å². The van der Waals surface area contributed by atoms with Crippen LogP contribution in [0, 0.1) is 17.7 Å². The van der Waals surface area contributed by atoms with Gasteiger partial charge in [-0.2, -0.15) is 0 Å². The van der Waals surface area contributed by atoms with Crippen molar-refractivity contribution >= 4 is 11.8 Å². The second-order valence-electron chi connectivity index (χ2n) is 9.51. The second kappa shape index (κ2) is 10.6. The molecule has 0 radical (unpaired) electrons. The molecule has 1 aromatic rings. The lowest BCUT2D eigenvalue weighted by molar-refractivity contribution is -0.136. The molecule has 2 heterocycles. The van der Waals surface area contributed by atoms with E-state index in [1.165, 1.54) is 18.6 Å². The lowest BCUT2D eigenvalue weighted by Gasteiger charge is -2.39. The Morgan fingerprint density at radius 2 is 1.61 bits per heavy atom. The SMILES string of the molecule is C[C@@H]1C[C@H](C)CN(C(=O)CN2CCN([C@@H](C)C(=O)N[C@H](C)c3ccc(F)cc3)CC2)C1. The maximum atomic E-state index is 13.1. The van der Waals surface area contributed by atoms with Gasteiger partial charge in [-0.15, -0.1) is 0 Å². The van der Waals surface area contributed by atoms with Crippen LogP contribution >= 0.6 is 0 Å². The Labute approximate surface area is 185 Å². The molecule has 2 aliphatic rings. The normalized spacial score (nSPS) is 25.1. The molecular formula is C24H37FN4O2. The highest BCUT2D eigenvalue weighted by Crippen LogP contribution is 2.21. The number of rotatable bonds is 6. The van der Waals surface area contributed by atoms with Crippen molar-refractivity contribution in [1.82, 2.24) is 20.0 Å². The van der Waals surface area contributed by atoms with E-state index in [-0.39, 0.29) is 29.7 Å². The first kappa shape index (κ1) is 23.7. The van der Waals surface area contributed by atoms with Gasteiger partial charge in [0.25, 0.3) is 0 Å². The Balaban J connectivity index is 1.43. The highest BCUT2D eigenvalue weighted by molar-refractivity contribution is 5.81. The molecule has 0 spiro atoms. The second-order valence-corrected chi connectivity index (χ2v) is 9.51. The van der Waals surface area contributed by atoms with E-state index in [1.54, 1.807) is 12.1 Å². The Kier molecular flexibility index (Phi) is 8.06. The van der Waals surface area contributed by atoms with E-state index >= 15 is 0 Å². The first-order valence-corrected chi connectivity index (χ1v) is 11.5. The van der Waals surface area contributed by atoms with Crippen molar-refractivity contribution in [2.45, 2.75) is 46.2 Å². The number of nitrogens with one attached hydrogen (secondary N) is 1. The number of carbonyl (C=O) groups excluding carboxylic acids is 2. The molecule has 2 amide bonds. The molecule has 7 heteroatoms. The molecule has 2 aliphatic heterocycles. The molecule has 0 saturated carbocycles. The van der Waals surface area contributed by atoms with E-state index < -0.39 is 0 Å². The first-order chi connectivity index (χ1) is 14.7. The third-order valence-corrected chi connectivity index (χ3v) is 6.64. The largest absolute Gasteiger partial charge is 0.348 e. The van der Waals surface area contributed by atoms with Crippen molar-refractivity contribution in [3.63, 3.8) is 0 Å². The summed E-state index contributed by atoms with van der Waals surface area (Å²) < 4.78 is 13.1. The standard InChI is InChI=1S/C24H37FN4O2/c1-17-13-18(2)15-29(14-17)23(30)16-27-9-11-28(12-10-27)20(4)24(31)26-19(3)21-5-7-22(25)8-6-21/h5-8,17-20H,9-16H2,1-4H3,(H,26,31)/t17-,18+,19-,20+/m1/s1. The number of amides is 2. The van der Waals surface area contributed by atoms with E-state index in [9.17, 15) is 14.0 Å². The van der Waals surface area contributed by atoms with Gasteiger partial charge < -0.3 is 10.2 Å². The van der Waals surface area contributed by atoms with Crippen LogP contribution in [0.2, 0.25) is 0 Å². The van der Waals surface area contributed by atoms with Gasteiger partial charge >= 0.3 is 0 Å². The molecule has 6 nitrogen and oxygen atoms in total. The summed E-state index contributed by atoms with van der Waals surface area (Å²) >= 11 is 0. The van der Waals surface area contributed by atoms with Crippen LogP contribution in [0.1, 0.15) is 45.7 Å². The van der Waals surface area contributed by atoms with Gasteiger partial charge in [-0.25, -0.2) is 4.39 Å². The predicted molar refractivity (Wildman–Crippen MR) is 120 cm³/mol. The summed E-state index contributed by atoms with van der Waals surface area (Å²) in [5.74, 6) is 1.06. The van der Waals surface area contributed by atoms with Crippen LogP contribution in [-0.4, -0.2) is 78.4 Å². The van der Waals surface area contributed by atoms with E-state index in [1.807, 2.05) is 18.7 Å². The minimum Gasteiger partial charge on any atom is -0.348 e. The number of piperidine rings is 1. The molecule has 0 aliphatic carbocycles. The zero-order valence-electron chi connectivity index (χ0n) is 19.3. The highest BCUT2D eigenvalue weighted by atomic mass is 19.1. The molecule has 4 atom stereocenters.